The van der Waals surface area contributed by atoms with E-state index in [2.05, 4.69) is 27.1 Å². The maximum Gasteiger partial charge on any atom is 0.142 e. The smallest absolute Gasteiger partial charge is 0.142 e. The Morgan fingerprint density at radius 3 is 2.75 bits per heavy atom. The van der Waals surface area contributed by atoms with Gasteiger partial charge in [-0.15, -0.1) is 0 Å². The molecule has 0 radical (unpaired) electrons. The van der Waals surface area contributed by atoms with E-state index in [9.17, 15) is 0 Å². The Labute approximate surface area is 97.1 Å². The van der Waals surface area contributed by atoms with Crippen LogP contribution in [-0.4, -0.2) is 29.0 Å². The number of rotatable bonds is 4. The predicted octanol–water partition coefficient (Wildman–Crippen LogP) is 1.09. The van der Waals surface area contributed by atoms with E-state index < -0.39 is 0 Å². The Bertz CT molecular complexity index is 374. The number of hydrogen-bond donors (Lipinski definition) is 1. The molecule has 0 atom stereocenters. The molecule has 1 aliphatic rings. The van der Waals surface area contributed by atoms with E-state index in [0.717, 1.165) is 38.3 Å². The summed E-state index contributed by atoms with van der Waals surface area (Å²) in [4.78, 5) is 11.4. The molecule has 0 saturated carbocycles. The van der Waals surface area contributed by atoms with Gasteiger partial charge in [-0.2, -0.15) is 0 Å². The highest BCUT2D eigenvalue weighted by Gasteiger charge is 2.18. The summed E-state index contributed by atoms with van der Waals surface area (Å²) in [6.45, 7) is 4.86. The number of fused-ring (bicyclic) bond motifs is 1. The summed E-state index contributed by atoms with van der Waals surface area (Å²) in [5.74, 6) is 0.955. The van der Waals surface area contributed by atoms with E-state index in [1.165, 1.54) is 17.0 Å². The quantitative estimate of drug-likeness (QED) is 0.825. The molecule has 2 rings (SSSR count). The van der Waals surface area contributed by atoms with E-state index in [1.54, 1.807) is 0 Å². The molecule has 0 bridgehead atoms. The van der Waals surface area contributed by atoms with Crippen molar-refractivity contribution in [2.45, 2.75) is 39.4 Å². The summed E-state index contributed by atoms with van der Waals surface area (Å²) >= 11 is 0. The van der Waals surface area contributed by atoms with E-state index in [-0.39, 0.29) is 0 Å². The molecular formula is C12H20N4. The van der Waals surface area contributed by atoms with Crippen molar-refractivity contribution in [2.75, 3.05) is 14.1 Å². The highest BCUT2D eigenvalue weighted by Crippen LogP contribution is 2.18. The Morgan fingerprint density at radius 1 is 1.25 bits per heavy atom. The van der Waals surface area contributed by atoms with Gasteiger partial charge in [-0.3, -0.25) is 0 Å². The Balaban J connectivity index is 2.31. The fraction of sp³-hybridized carbons (Fsp3) is 0.667. The minimum Gasteiger partial charge on any atom is -0.307 e. The number of nitrogens with zero attached hydrogens (tertiary/aromatic N) is 3. The van der Waals surface area contributed by atoms with Gasteiger partial charge in [-0.25, -0.2) is 9.97 Å². The normalized spacial score (nSPS) is 14.5. The van der Waals surface area contributed by atoms with Gasteiger partial charge < -0.3 is 10.2 Å². The standard InChI is InChI=1S/C12H20N4/c1-4-5-10-9-6-13-7-11(9)15-12(14-10)8-16(2)3/h13H,4-8H2,1-3H3. The molecule has 88 valence electrons. The second kappa shape index (κ2) is 4.89. The third-order valence-electron chi connectivity index (χ3n) is 2.76. The van der Waals surface area contributed by atoms with E-state index in [4.69, 9.17) is 0 Å². The third kappa shape index (κ3) is 2.39. The summed E-state index contributed by atoms with van der Waals surface area (Å²) in [7, 11) is 4.10. The van der Waals surface area contributed by atoms with Gasteiger partial charge in [0.05, 0.1) is 12.2 Å². The molecule has 0 fully saturated rings. The van der Waals surface area contributed by atoms with Gasteiger partial charge in [0, 0.05) is 24.3 Å². The summed E-state index contributed by atoms with van der Waals surface area (Å²) in [6.07, 6.45) is 2.21. The molecule has 0 aromatic carbocycles. The van der Waals surface area contributed by atoms with E-state index in [1.807, 2.05) is 14.1 Å². The van der Waals surface area contributed by atoms with Crippen molar-refractivity contribution in [1.29, 1.82) is 0 Å². The average Bonchev–Trinajstić information content (AvgIpc) is 2.65. The van der Waals surface area contributed by atoms with E-state index in [0.29, 0.717) is 0 Å². The maximum absolute atomic E-state index is 4.68. The number of aryl methyl sites for hydroxylation is 1. The van der Waals surface area contributed by atoms with Crippen molar-refractivity contribution in [3.05, 3.63) is 22.8 Å². The van der Waals surface area contributed by atoms with Crippen molar-refractivity contribution in [1.82, 2.24) is 20.2 Å². The van der Waals surface area contributed by atoms with Crippen LogP contribution in [0.15, 0.2) is 0 Å². The highest BCUT2D eigenvalue weighted by atomic mass is 15.1. The first-order chi connectivity index (χ1) is 7.70. The lowest BCUT2D eigenvalue weighted by molar-refractivity contribution is 0.389. The van der Waals surface area contributed by atoms with Gasteiger partial charge in [0.25, 0.3) is 0 Å². The zero-order valence-electron chi connectivity index (χ0n) is 10.4. The van der Waals surface area contributed by atoms with Crippen LogP contribution in [0.4, 0.5) is 0 Å². The van der Waals surface area contributed by atoms with Crippen LogP contribution in [0.3, 0.4) is 0 Å². The molecule has 1 aromatic heterocycles. The van der Waals surface area contributed by atoms with Crippen molar-refractivity contribution >= 4 is 0 Å². The zero-order valence-corrected chi connectivity index (χ0v) is 10.4. The van der Waals surface area contributed by atoms with Crippen molar-refractivity contribution in [3.8, 4) is 0 Å². The largest absolute Gasteiger partial charge is 0.307 e. The lowest BCUT2D eigenvalue weighted by atomic mass is 10.1. The first-order valence-corrected chi connectivity index (χ1v) is 5.93. The van der Waals surface area contributed by atoms with Crippen molar-refractivity contribution in [3.63, 3.8) is 0 Å². The highest BCUT2D eigenvalue weighted by molar-refractivity contribution is 5.29. The molecule has 0 saturated heterocycles. The Morgan fingerprint density at radius 2 is 2.06 bits per heavy atom. The van der Waals surface area contributed by atoms with Gasteiger partial charge in [0.1, 0.15) is 5.82 Å². The Hall–Kier alpha value is -1.00. The molecular weight excluding hydrogens is 200 g/mol. The van der Waals surface area contributed by atoms with Gasteiger partial charge in [-0.05, 0) is 20.5 Å². The molecule has 1 aliphatic heterocycles. The van der Waals surface area contributed by atoms with Crippen LogP contribution in [0.1, 0.15) is 36.1 Å². The van der Waals surface area contributed by atoms with Crippen LogP contribution >= 0.6 is 0 Å². The predicted molar refractivity (Wildman–Crippen MR) is 64.0 cm³/mol. The molecule has 0 unspecified atom stereocenters. The fourth-order valence-electron chi connectivity index (χ4n) is 2.09. The lowest BCUT2D eigenvalue weighted by Crippen LogP contribution is -2.15. The molecule has 1 N–H and O–H groups in total. The molecule has 4 nitrogen and oxygen atoms in total. The lowest BCUT2D eigenvalue weighted by Gasteiger charge is -2.12. The van der Waals surface area contributed by atoms with Crippen molar-refractivity contribution < 1.29 is 0 Å². The van der Waals surface area contributed by atoms with Crippen LogP contribution in [0.25, 0.3) is 0 Å². The van der Waals surface area contributed by atoms with Crippen LogP contribution in [0, 0.1) is 0 Å². The van der Waals surface area contributed by atoms with Crippen LogP contribution < -0.4 is 5.32 Å². The van der Waals surface area contributed by atoms with E-state index >= 15 is 0 Å². The fourth-order valence-corrected chi connectivity index (χ4v) is 2.09. The minimum absolute atomic E-state index is 0.823. The Kier molecular flexibility index (Phi) is 3.51. The number of hydrogen-bond acceptors (Lipinski definition) is 4. The molecule has 0 spiro atoms. The monoisotopic (exact) mass is 220 g/mol. The zero-order chi connectivity index (χ0) is 11.5. The first kappa shape index (κ1) is 11.5. The minimum atomic E-state index is 0.823. The van der Waals surface area contributed by atoms with Crippen LogP contribution in [0.5, 0.6) is 0 Å². The topological polar surface area (TPSA) is 41.1 Å². The molecule has 0 amide bonds. The summed E-state index contributed by atoms with van der Waals surface area (Å²) < 4.78 is 0. The summed E-state index contributed by atoms with van der Waals surface area (Å²) in [5.41, 5.74) is 3.79. The average molecular weight is 220 g/mol. The molecule has 4 heteroatoms. The number of aromatic nitrogens is 2. The molecule has 16 heavy (non-hydrogen) atoms. The second-order valence-electron chi connectivity index (χ2n) is 4.60. The SMILES string of the molecule is CCCc1nc(CN(C)C)nc2c1CNC2. The van der Waals surface area contributed by atoms with Crippen molar-refractivity contribution in [2.24, 2.45) is 0 Å². The summed E-state index contributed by atoms with van der Waals surface area (Å²) in [6, 6.07) is 0. The third-order valence-corrected chi connectivity index (χ3v) is 2.76. The molecule has 0 aliphatic carbocycles. The summed E-state index contributed by atoms with van der Waals surface area (Å²) in [5, 5.41) is 3.35. The number of nitrogens with one attached hydrogen (secondary N) is 1. The first-order valence-electron chi connectivity index (χ1n) is 5.93. The van der Waals surface area contributed by atoms with Gasteiger partial charge in [0.15, 0.2) is 0 Å². The van der Waals surface area contributed by atoms with Gasteiger partial charge >= 0.3 is 0 Å². The van der Waals surface area contributed by atoms with Gasteiger partial charge in [0.2, 0.25) is 0 Å². The van der Waals surface area contributed by atoms with Gasteiger partial charge in [-0.1, -0.05) is 13.3 Å². The maximum atomic E-state index is 4.68. The van der Waals surface area contributed by atoms with Crippen LogP contribution in [-0.2, 0) is 26.1 Å². The molecule has 2 heterocycles. The second-order valence-corrected chi connectivity index (χ2v) is 4.60. The van der Waals surface area contributed by atoms with Crippen LogP contribution in [0.2, 0.25) is 0 Å². The molecule has 1 aromatic rings.